The van der Waals surface area contributed by atoms with Crippen LogP contribution in [0, 0.1) is 0 Å². The van der Waals surface area contributed by atoms with Crippen molar-refractivity contribution in [1.82, 2.24) is 0 Å². The van der Waals surface area contributed by atoms with E-state index in [1.807, 2.05) is 0 Å². The highest BCUT2D eigenvalue weighted by molar-refractivity contribution is 5.10. The number of furan rings is 1. The van der Waals surface area contributed by atoms with Gasteiger partial charge in [0.2, 0.25) is 0 Å². The lowest BCUT2D eigenvalue weighted by atomic mass is 10.1. The van der Waals surface area contributed by atoms with Gasteiger partial charge in [0.25, 0.3) is 0 Å². The molecule has 0 unspecified atom stereocenters. The molecule has 2 atom stereocenters. The molecule has 0 aliphatic rings. The highest BCUT2D eigenvalue weighted by Gasteiger charge is 2.10. The van der Waals surface area contributed by atoms with Crippen molar-refractivity contribution in [3.63, 3.8) is 0 Å². The minimum atomic E-state index is -0.789. The van der Waals surface area contributed by atoms with Gasteiger partial charge in [-0.15, -0.1) is 5.73 Å². The average Bonchev–Trinajstić information content (AvgIpc) is 2.87. The van der Waals surface area contributed by atoms with Crippen molar-refractivity contribution in [1.29, 1.82) is 0 Å². The Balaban J connectivity index is 2.53. The van der Waals surface area contributed by atoms with Crippen molar-refractivity contribution in [2.75, 3.05) is 6.61 Å². The van der Waals surface area contributed by atoms with Crippen molar-refractivity contribution in [2.45, 2.75) is 38.6 Å². The molecule has 0 aliphatic heterocycles. The van der Waals surface area contributed by atoms with Crippen molar-refractivity contribution < 1.29 is 24.8 Å². The van der Waals surface area contributed by atoms with Crippen LogP contribution < -0.4 is 0 Å². The molecule has 0 aliphatic carbocycles. The lowest BCUT2D eigenvalue weighted by molar-refractivity contribution is 0.0955. The number of aliphatic hydroxyl groups excluding tert-OH is 4. The molecule has 0 amide bonds. The molecule has 0 spiro atoms. The summed E-state index contributed by atoms with van der Waals surface area (Å²) in [5.41, 5.74) is 3.73. The fourth-order valence-corrected chi connectivity index (χ4v) is 1.60. The van der Waals surface area contributed by atoms with E-state index in [0.29, 0.717) is 24.4 Å². The fourth-order valence-electron chi connectivity index (χ4n) is 1.60. The van der Waals surface area contributed by atoms with Gasteiger partial charge in [0.05, 0.1) is 12.7 Å². The van der Waals surface area contributed by atoms with Gasteiger partial charge in [0.1, 0.15) is 24.2 Å². The summed E-state index contributed by atoms with van der Waals surface area (Å²) in [5, 5.41) is 36.6. The van der Waals surface area contributed by atoms with Crippen molar-refractivity contribution in [2.24, 2.45) is 0 Å². The van der Waals surface area contributed by atoms with Crippen LogP contribution in [0.4, 0.5) is 0 Å². The molecule has 4 N–H and O–H groups in total. The van der Waals surface area contributed by atoms with Gasteiger partial charge >= 0.3 is 0 Å². The third kappa shape index (κ3) is 5.42. The van der Waals surface area contributed by atoms with E-state index < -0.39 is 12.2 Å². The zero-order valence-electron chi connectivity index (χ0n) is 10.9. The average molecular weight is 268 g/mol. The molecule has 1 aromatic rings. The Morgan fingerprint density at radius 2 is 2.11 bits per heavy atom. The topological polar surface area (TPSA) is 94.1 Å². The Morgan fingerprint density at radius 3 is 2.68 bits per heavy atom. The predicted octanol–water partition coefficient (Wildman–Crippen LogP) is 1.04. The molecule has 1 rings (SSSR count). The van der Waals surface area contributed by atoms with E-state index in [0.717, 1.165) is 5.57 Å². The quantitative estimate of drug-likeness (QED) is 0.554. The zero-order chi connectivity index (χ0) is 14.3. The molecule has 0 fully saturated rings. The normalized spacial score (nSPS) is 13.7. The maximum atomic E-state index is 9.83. The van der Waals surface area contributed by atoms with Crippen LogP contribution in [0.3, 0.4) is 0 Å². The molecule has 0 saturated carbocycles. The molecule has 1 aromatic heterocycles. The molecule has 5 nitrogen and oxygen atoms in total. The van der Waals surface area contributed by atoms with Gasteiger partial charge in [-0.25, -0.2) is 0 Å². The van der Waals surface area contributed by atoms with Gasteiger partial charge in [-0.05, 0) is 30.7 Å². The van der Waals surface area contributed by atoms with Crippen LogP contribution in [-0.4, -0.2) is 33.1 Å². The predicted molar refractivity (Wildman–Crippen MR) is 69.2 cm³/mol. The summed E-state index contributed by atoms with van der Waals surface area (Å²) in [7, 11) is 0. The van der Waals surface area contributed by atoms with E-state index in [-0.39, 0.29) is 13.2 Å². The van der Waals surface area contributed by atoms with Crippen LogP contribution >= 0.6 is 0 Å². The van der Waals surface area contributed by atoms with Gasteiger partial charge in [-0.1, -0.05) is 0 Å². The molecule has 0 aromatic carbocycles. The third-order valence-corrected chi connectivity index (χ3v) is 2.61. The van der Waals surface area contributed by atoms with E-state index in [2.05, 4.69) is 5.73 Å². The van der Waals surface area contributed by atoms with Gasteiger partial charge in [0, 0.05) is 12.8 Å². The summed E-state index contributed by atoms with van der Waals surface area (Å²) < 4.78 is 5.21. The van der Waals surface area contributed by atoms with Gasteiger partial charge in [-0.3, -0.25) is 0 Å². The molecule has 0 radical (unpaired) electrons. The Labute approximate surface area is 112 Å². The lowest BCUT2D eigenvalue weighted by Crippen LogP contribution is -2.11. The lowest BCUT2D eigenvalue weighted by Gasteiger charge is -2.05. The molecule has 0 bridgehead atoms. The van der Waals surface area contributed by atoms with Crippen LogP contribution in [0.5, 0.6) is 0 Å². The molecule has 0 saturated heterocycles. The van der Waals surface area contributed by atoms with E-state index in [4.69, 9.17) is 14.6 Å². The number of rotatable bonds is 7. The SMILES string of the molecule is CC(=C=CC[C@@H](O)c1ccc(CO)o1)C[C@@H](O)CO. The molecule has 106 valence electrons. The van der Waals surface area contributed by atoms with Crippen LogP contribution in [0.15, 0.2) is 33.9 Å². The zero-order valence-corrected chi connectivity index (χ0v) is 10.9. The maximum Gasteiger partial charge on any atom is 0.133 e. The molecular formula is C14H20O5. The van der Waals surface area contributed by atoms with Crippen molar-refractivity contribution in [3.8, 4) is 0 Å². The van der Waals surface area contributed by atoms with Crippen molar-refractivity contribution >= 4 is 0 Å². The Kier molecular flexibility index (Phi) is 6.56. The molecule has 5 heteroatoms. The van der Waals surface area contributed by atoms with Gasteiger partial charge in [-0.2, -0.15) is 0 Å². The summed E-state index contributed by atoms with van der Waals surface area (Å²) in [6.45, 7) is 1.32. The van der Waals surface area contributed by atoms with Crippen LogP contribution in [0.2, 0.25) is 0 Å². The minimum Gasteiger partial charge on any atom is -0.461 e. The van der Waals surface area contributed by atoms with E-state index in [1.165, 1.54) is 0 Å². The second-order valence-electron chi connectivity index (χ2n) is 4.38. The largest absolute Gasteiger partial charge is 0.461 e. The monoisotopic (exact) mass is 268 g/mol. The third-order valence-electron chi connectivity index (χ3n) is 2.61. The first-order valence-corrected chi connectivity index (χ1v) is 6.14. The number of hydrogen-bond acceptors (Lipinski definition) is 5. The van der Waals surface area contributed by atoms with E-state index >= 15 is 0 Å². The Morgan fingerprint density at radius 1 is 1.37 bits per heavy atom. The molecule has 19 heavy (non-hydrogen) atoms. The first-order valence-electron chi connectivity index (χ1n) is 6.14. The van der Waals surface area contributed by atoms with E-state index in [1.54, 1.807) is 25.1 Å². The van der Waals surface area contributed by atoms with Crippen LogP contribution in [0.1, 0.15) is 37.4 Å². The fraction of sp³-hybridized carbons (Fsp3) is 0.500. The maximum absolute atomic E-state index is 9.83. The highest BCUT2D eigenvalue weighted by atomic mass is 16.4. The first-order chi connectivity index (χ1) is 9.06. The Bertz CT molecular complexity index is 442. The molecule has 1 heterocycles. The Hall–Kier alpha value is -1.36. The smallest absolute Gasteiger partial charge is 0.133 e. The van der Waals surface area contributed by atoms with Crippen LogP contribution in [-0.2, 0) is 6.61 Å². The number of aliphatic hydroxyl groups is 4. The highest BCUT2D eigenvalue weighted by Crippen LogP contribution is 2.19. The first kappa shape index (κ1) is 15.7. The summed E-state index contributed by atoms with van der Waals surface area (Å²) in [6.07, 6.45) is 0.765. The summed E-state index contributed by atoms with van der Waals surface area (Å²) >= 11 is 0. The van der Waals surface area contributed by atoms with Gasteiger partial charge in [0.15, 0.2) is 0 Å². The van der Waals surface area contributed by atoms with E-state index in [9.17, 15) is 10.2 Å². The van der Waals surface area contributed by atoms with Gasteiger partial charge < -0.3 is 24.8 Å². The van der Waals surface area contributed by atoms with Crippen molar-refractivity contribution in [3.05, 3.63) is 41.0 Å². The standard InChI is InChI=1S/C14H20O5/c1-10(7-11(17)8-15)3-2-4-13(18)14-6-5-12(9-16)19-14/h2,5-6,11,13,15-18H,4,7-9H2,1H3/t3?,11-,13-/m1/s1. The summed E-state index contributed by atoms with van der Waals surface area (Å²) in [5.74, 6) is 0.811. The second kappa shape index (κ2) is 7.94. The molecular weight excluding hydrogens is 248 g/mol. The van der Waals surface area contributed by atoms with Crippen LogP contribution in [0.25, 0.3) is 0 Å². The number of hydrogen-bond donors (Lipinski definition) is 4. The summed E-state index contributed by atoms with van der Waals surface area (Å²) in [6, 6.07) is 3.23. The minimum absolute atomic E-state index is 0.194. The second-order valence-corrected chi connectivity index (χ2v) is 4.38. The summed E-state index contributed by atoms with van der Waals surface area (Å²) in [4.78, 5) is 0.